The van der Waals surface area contributed by atoms with Crippen molar-refractivity contribution in [1.82, 2.24) is 0 Å². The lowest BCUT2D eigenvalue weighted by Gasteiger charge is -2.09. The lowest BCUT2D eigenvalue weighted by atomic mass is 10.2. The highest BCUT2D eigenvalue weighted by atomic mass is 32.2. The van der Waals surface area contributed by atoms with Crippen LogP contribution in [0.15, 0.2) is 24.3 Å². The van der Waals surface area contributed by atoms with Gasteiger partial charge in [-0.3, -0.25) is 9.52 Å². The molecule has 1 unspecified atom stereocenters. The number of amides is 1. The maximum Gasteiger partial charge on any atom is 0.229 e. The van der Waals surface area contributed by atoms with E-state index in [1.807, 2.05) is 0 Å². The van der Waals surface area contributed by atoms with Gasteiger partial charge in [-0.05, 0) is 31.5 Å². The monoisotopic (exact) mass is 286 g/mol. The summed E-state index contributed by atoms with van der Waals surface area (Å²) in [7, 11) is -3.34. The molecule has 0 radical (unpaired) electrons. The van der Waals surface area contributed by atoms with E-state index >= 15 is 0 Å². The van der Waals surface area contributed by atoms with E-state index in [0.29, 0.717) is 17.8 Å². The highest BCUT2D eigenvalue weighted by Crippen LogP contribution is 2.16. The molecule has 19 heavy (non-hydrogen) atoms. The van der Waals surface area contributed by atoms with Crippen molar-refractivity contribution in [2.45, 2.75) is 25.9 Å². The average Bonchev–Trinajstić information content (AvgIpc) is 2.24. The van der Waals surface area contributed by atoms with Crippen LogP contribution < -0.4 is 10.0 Å². The number of rotatable bonds is 6. The third-order valence-electron chi connectivity index (χ3n) is 2.24. The third-order valence-corrected chi connectivity index (χ3v) is 2.85. The fourth-order valence-corrected chi connectivity index (χ4v) is 1.99. The average molecular weight is 286 g/mol. The van der Waals surface area contributed by atoms with Crippen molar-refractivity contribution < 1.29 is 18.3 Å². The van der Waals surface area contributed by atoms with Crippen LogP contribution in [0.1, 0.15) is 19.8 Å². The maximum absolute atomic E-state index is 11.6. The summed E-state index contributed by atoms with van der Waals surface area (Å²) in [5.74, 6) is -0.225. The van der Waals surface area contributed by atoms with Crippen molar-refractivity contribution in [3.05, 3.63) is 24.3 Å². The Morgan fingerprint density at radius 3 is 2.58 bits per heavy atom. The first-order valence-electron chi connectivity index (χ1n) is 5.82. The molecular formula is C12H18N2O4S. The summed E-state index contributed by atoms with van der Waals surface area (Å²) in [4.78, 5) is 11.6. The van der Waals surface area contributed by atoms with Crippen LogP contribution in [0.3, 0.4) is 0 Å². The van der Waals surface area contributed by atoms with Crippen molar-refractivity contribution >= 4 is 27.3 Å². The van der Waals surface area contributed by atoms with Crippen LogP contribution in [0.2, 0.25) is 0 Å². The zero-order chi connectivity index (χ0) is 14.5. The van der Waals surface area contributed by atoms with Gasteiger partial charge < -0.3 is 10.4 Å². The van der Waals surface area contributed by atoms with Crippen LogP contribution >= 0.6 is 0 Å². The number of carbonyl (C=O) groups excluding carboxylic acids is 1. The second kappa shape index (κ2) is 6.53. The number of hydrogen-bond donors (Lipinski definition) is 3. The van der Waals surface area contributed by atoms with E-state index in [2.05, 4.69) is 10.0 Å². The van der Waals surface area contributed by atoms with Gasteiger partial charge in [-0.2, -0.15) is 0 Å². The summed E-state index contributed by atoms with van der Waals surface area (Å²) in [6.07, 6.45) is 1.12. The highest BCUT2D eigenvalue weighted by Gasteiger charge is 2.06. The summed E-state index contributed by atoms with van der Waals surface area (Å²) in [6.45, 7) is 1.62. The molecular weight excluding hydrogens is 268 g/mol. The van der Waals surface area contributed by atoms with Gasteiger partial charge in [0.1, 0.15) is 0 Å². The molecule has 1 atom stereocenters. The van der Waals surface area contributed by atoms with Crippen LogP contribution in [0.5, 0.6) is 0 Å². The second-order valence-electron chi connectivity index (χ2n) is 4.39. The van der Waals surface area contributed by atoms with Gasteiger partial charge in [-0.25, -0.2) is 8.42 Å². The molecule has 7 heteroatoms. The van der Waals surface area contributed by atoms with Crippen molar-refractivity contribution in [1.29, 1.82) is 0 Å². The quantitative estimate of drug-likeness (QED) is 0.731. The number of carbonyl (C=O) groups is 1. The Kier molecular flexibility index (Phi) is 5.31. The Balaban J connectivity index is 2.64. The van der Waals surface area contributed by atoms with E-state index in [0.717, 1.165) is 6.26 Å². The first-order chi connectivity index (χ1) is 8.76. The van der Waals surface area contributed by atoms with Crippen molar-refractivity contribution in [3.8, 4) is 0 Å². The van der Waals surface area contributed by atoms with Crippen molar-refractivity contribution in [2.75, 3.05) is 16.3 Å². The lowest BCUT2D eigenvalue weighted by molar-refractivity contribution is -0.116. The standard InChI is InChI=1S/C12H18N2O4S/c1-9(15)6-7-12(16)13-10-4-3-5-11(8-10)14-19(2,17)18/h3-5,8-9,14-15H,6-7H2,1-2H3,(H,13,16). The summed E-state index contributed by atoms with van der Waals surface area (Å²) < 4.78 is 24.5. The number of aliphatic hydroxyl groups is 1. The molecule has 0 saturated heterocycles. The molecule has 0 aliphatic carbocycles. The lowest BCUT2D eigenvalue weighted by Crippen LogP contribution is -2.14. The SMILES string of the molecule is CC(O)CCC(=O)Nc1cccc(NS(C)(=O)=O)c1. The highest BCUT2D eigenvalue weighted by molar-refractivity contribution is 7.92. The van der Waals surface area contributed by atoms with E-state index < -0.39 is 16.1 Å². The van der Waals surface area contributed by atoms with Crippen LogP contribution in [0.25, 0.3) is 0 Å². The number of sulfonamides is 1. The third kappa shape index (κ3) is 6.78. The number of nitrogens with one attached hydrogen (secondary N) is 2. The van der Waals surface area contributed by atoms with Crippen molar-refractivity contribution in [3.63, 3.8) is 0 Å². The molecule has 1 aromatic carbocycles. The Hall–Kier alpha value is -1.60. The van der Waals surface area contributed by atoms with Crippen LogP contribution in [-0.4, -0.2) is 31.8 Å². The minimum atomic E-state index is -3.34. The molecule has 0 aliphatic heterocycles. The van der Waals surface area contributed by atoms with E-state index in [1.165, 1.54) is 6.07 Å². The summed E-state index contributed by atoms with van der Waals surface area (Å²) in [6, 6.07) is 6.42. The number of aliphatic hydroxyl groups excluding tert-OH is 1. The van der Waals surface area contributed by atoms with Gasteiger partial charge in [0.2, 0.25) is 15.9 Å². The number of benzene rings is 1. The number of hydrogen-bond acceptors (Lipinski definition) is 4. The van der Waals surface area contributed by atoms with Gasteiger partial charge in [-0.1, -0.05) is 6.07 Å². The molecule has 0 bridgehead atoms. The number of anilines is 2. The molecule has 106 valence electrons. The predicted octanol–water partition coefficient (Wildman–Crippen LogP) is 1.16. The zero-order valence-corrected chi connectivity index (χ0v) is 11.7. The van der Waals surface area contributed by atoms with Gasteiger partial charge in [0.05, 0.1) is 18.0 Å². The Morgan fingerprint density at radius 1 is 1.37 bits per heavy atom. The molecule has 0 aliphatic rings. The Morgan fingerprint density at radius 2 is 2.00 bits per heavy atom. The topological polar surface area (TPSA) is 95.5 Å². The molecule has 6 nitrogen and oxygen atoms in total. The van der Waals surface area contributed by atoms with E-state index in [4.69, 9.17) is 5.11 Å². The molecule has 0 fully saturated rings. The normalized spacial score (nSPS) is 12.8. The first-order valence-corrected chi connectivity index (χ1v) is 7.71. The summed E-state index contributed by atoms with van der Waals surface area (Å²) >= 11 is 0. The summed E-state index contributed by atoms with van der Waals surface area (Å²) in [5, 5.41) is 11.7. The molecule has 1 rings (SSSR count). The molecule has 0 heterocycles. The predicted molar refractivity (Wildman–Crippen MR) is 74.5 cm³/mol. The Bertz CT molecular complexity index is 540. The Labute approximate surface area is 112 Å². The second-order valence-corrected chi connectivity index (χ2v) is 6.14. The first kappa shape index (κ1) is 15.5. The molecule has 0 saturated carbocycles. The van der Waals surface area contributed by atoms with Crippen LogP contribution in [-0.2, 0) is 14.8 Å². The molecule has 0 aromatic heterocycles. The van der Waals surface area contributed by atoms with Crippen molar-refractivity contribution in [2.24, 2.45) is 0 Å². The summed E-state index contributed by atoms with van der Waals surface area (Å²) in [5.41, 5.74) is 0.889. The van der Waals surface area contributed by atoms with Gasteiger partial charge in [0.25, 0.3) is 0 Å². The molecule has 3 N–H and O–H groups in total. The van der Waals surface area contributed by atoms with E-state index in [1.54, 1.807) is 25.1 Å². The largest absolute Gasteiger partial charge is 0.393 e. The minimum Gasteiger partial charge on any atom is -0.393 e. The van der Waals surface area contributed by atoms with E-state index in [-0.39, 0.29) is 12.3 Å². The van der Waals surface area contributed by atoms with Gasteiger partial charge in [0.15, 0.2) is 0 Å². The van der Waals surface area contributed by atoms with E-state index in [9.17, 15) is 13.2 Å². The van der Waals surface area contributed by atoms with Crippen LogP contribution in [0, 0.1) is 0 Å². The fraction of sp³-hybridized carbons (Fsp3) is 0.417. The minimum absolute atomic E-state index is 0.210. The molecule has 0 spiro atoms. The maximum atomic E-state index is 11.6. The molecule has 1 aromatic rings. The zero-order valence-electron chi connectivity index (χ0n) is 10.9. The smallest absolute Gasteiger partial charge is 0.229 e. The fourth-order valence-electron chi connectivity index (χ4n) is 1.44. The van der Waals surface area contributed by atoms with Gasteiger partial charge >= 0.3 is 0 Å². The molecule has 1 amide bonds. The van der Waals surface area contributed by atoms with Gasteiger partial charge in [-0.15, -0.1) is 0 Å². The van der Waals surface area contributed by atoms with Crippen LogP contribution in [0.4, 0.5) is 11.4 Å². The van der Waals surface area contributed by atoms with Gasteiger partial charge in [0, 0.05) is 12.1 Å².